The van der Waals surface area contributed by atoms with Gasteiger partial charge in [0.2, 0.25) is 0 Å². The number of aliphatic hydroxyl groups excluding tert-OH is 1. The van der Waals surface area contributed by atoms with E-state index >= 15 is 0 Å². The van der Waals surface area contributed by atoms with Crippen molar-refractivity contribution in [1.82, 2.24) is 0 Å². The molecule has 0 bridgehead atoms. The van der Waals surface area contributed by atoms with E-state index in [-0.39, 0.29) is 22.4 Å². The number of halogens is 1. The van der Waals surface area contributed by atoms with Gasteiger partial charge in [-0.3, -0.25) is 14.5 Å². The monoisotopic (exact) mass is 458 g/mol. The fourth-order valence-electron chi connectivity index (χ4n) is 3.93. The maximum atomic E-state index is 14.9. The average Bonchev–Trinajstić information content (AvgIpc) is 3.13. The fourth-order valence-corrected chi connectivity index (χ4v) is 3.93. The van der Waals surface area contributed by atoms with Gasteiger partial charge in [0, 0.05) is 16.8 Å². The van der Waals surface area contributed by atoms with Gasteiger partial charge < -0.3 is 14.6 Å². The van der Waals surface area contributed by atoms with Gasteiger partial charge in [0.25, 0.3) is 11.7 Å². The van der Waals surface area contributed by atoms with Gasteiger partial charge in [-0.05, 0) is 48.5 Å². The molecule has 0 aliphatic carbocycles. The van der Waals surface area contributed by atoms with E-state index in [9.17, 15) is 19.1 Å². The van der Waals surface area contributed by atoms with Gasteiger partial charge in [0.05, 0.1) is 37.5 Å². The molecule has 0 spiro atoms. The number of ether oxygens (including phenoxy) is 2. The number of carbonyl (C=O) groups excluding carboxylic acids is 2. The molecule has 170 valence electrons. The Labute approximate surface area is 194 Å². The van der Waals surface area contributed by atoms with Crippen molar-refractivity contribution in [3.63, 3.8) is 0 Å². The molecule has 1 amide bonds. The molecule has 0 aromatic heterocycles. The van der Waals surface area contributed by atoms with E-state index in [2.05, 4.69) is 0 Å². The highest BCUT2D eigenvalue weighted by molar-refractivity contribution is 6.51. The zero-order valence-corrected chi connectivity index (χ0v) is 18.3. The summed E-state index contributed by atoms with van der Waals surface area (Å²) in [4.78, 5) is 27.4. The van der Waals surface area contributed by atoms with E-state index in [1.807, 2.05) is 6.07 Å². The summed E-state index contributed by atoms with van der Waals surface area (Å²) >= 11 is 0. The van der Waals surface area contributed by atoms with Crippen LogP contribution in [-0.4, -0.2) is 31.0 Å². The molecule has 1 fully saturated rings. The summed E-state index contributed by atoms with van der Waals surface area (Å²) in [6, 6.07) is 16.9. The first-order chi connectivity index (χ1) is 16.4. The lowest BCUT2D eigenvalue weighted by molar-refractivity contribution is -0.132. The molecule has 1 heterocycles. The summed E-state index contributed by atoms with van der Waals surface area (Å²) in [5.74, 6) is -2.32. The van der Waals surface area contributed by atoms with Gasteiger partial charge in [0.1, 0.15) is 11.6 Å². The summed E-state index contributed by atoms with van der Waals surface area (Å²) in [6.07, 6.45) is 0. The Morgan fingerprint density at radius 3 is 2.29 bits per heavy atom. The molecule has 3 aromatic rings. The molecule has 1 N–H and O–H groups in total. The lowest BCUT2D eigenvalue weighted by Gasteiger charge is -2.25. The highest BCUT2D eigenvalue weighted by Gasteiger charge is 2.47. The third-order valence-corrected chi connectivity index (χ3v) is 5.58. The number of nitriles is 1. The van der Waals surface area contributed by atoms with Crippen molar-refractivity contribution >= 4 is 23.1 Å². The Bertz CT molecular complexity index is 1360. The normalized spacial score (nSPS) is 16.9. The number of hydrogen-bond donors (Lipinski definition) is 1. The number of hydrogen-bond acceptors (Lipinski definition) is 6. The smallest absolute Gasteiger partial charge is 0.300 e. The molecular formula is C26H19FN2O5. The third-order valence-electron chi connectivity index (χ3n) is 5.58. The Morgan fingerprint density at radius 1 is 1.00 bits per heavy atom. The first-order valence-electron chi connectivity index (χ1n) is 10.2. The van der Waals surface area contributed by atoms with Crippen LogP contribution in [0.4, 0.5) is 10.1 Å². The fraction of sp³-hybridized carbons (Fsp3) is 0.115. The standard InChI is InChI=1S/C26H19FN2O5/c1-33-20-12-9-16(13-21(20)34-2)24(30)22-23(18-5-3-4-6-19(18)27)29(26(32)25(22)31)17-10-7-15(14-28)8-11-17/h3-13,23,30H,1-2H3/b24-22+. The van der Waals surface area contributed by atoms with Gasteiger partial charge >= 0.3 is 0 Å². The van der Waals surface area contributed by atoms with E-state index in [4.69, 9.17) is 14.7 Å². The van der Waals surface area contributed by atoms with Crippen LogP contribution in [0.3, 0.4) is 0 Å². The van der Waals surface area contributed by atoms with Gasteiger partial charge in [-0.25, -0.2) is 4.39 Å². The highest BCUT2D eigenvalue weighted by atomic mass is 19.1. The van der Waals surface area contributed by atoms with E-state index < -0.39 is 29.3 Å². The Morgan fingerprint density at radius 2 is 1.68 bits per heavy atom. The minimum Gasteiger partial charge on any atom is -0.507 e. The Hall–Kier alpha value is -4.64. The van der Waals surface area contributed by atoms with E-state index in [1.165, 1.54) is 68.8 Å². The zero-order valence-electron chi connectivity index (χ0n) is 18.3. The highest BCUT2D eigenvalue weighted by Crippen LogP contribution is 2.43. The molecule has 1 aliphatic rings. The summed E-state index contributed by atoms with van der Waals surface area (Å²) in [7, 11) is 2.88. The van der Waals surface area contributed by atoms with Crippen LogP contribution in [0.5, 0.6) is 11.5 Å². The number of ketones is 1. The van der Waals surface area contributed by atoms with Crippen LogP contribution in [0.2, 0.25) is 0 Å². The molecule has 1 aliphatic heterocycles. The first-order valence-corrected chi connectivity index (χ1v) is 10.2. The molecule has 3 aromatic carbocycles. The minimum absolute atomic E-state index is 0.0353. The molecule has 1 atom stereocenters. The number of anilines is 1. The number of aliphatic hydroxyl groups is 1. The van der Waals surface area contributed by atoms with E-state index in [0.717, 1.165) is 4.90 Å². The van der Waals surface area contributed by atoms with Crippen molar-refractivity contribution in [1.29, 1.82) is 5.26 Å². The molecule has 1 saturated heterocycles. The zero-order chi connectivity index (χ0) is 24.4. The molecule has 0 radical (unpaired) electrons. The average molecular weight is 458 g/mol. The number of benzene rings is 3. The largest absolute Gasteiger partial charge is 0.507 e. The number of carbonyl (C=O) groups is 2. The quantitative estimate of drug-likeness (QED) is 0.347. The van der Waals surface area contributed by atoms with Crippen molar-refractivity contribution in [2.45, 2.75) is 6.04 Å². The van der Waals surface area contributed by atoms with Crippen LogP contribution >= 0.6 is 0 Å². The predicted molar refractivity (Wildman–Crippen MR) is 122 cm³/mol. The van der Waals surface area contributed by atoms with E-state index in [0.29, 0.717) is 17.1 Å². The van der Waals surface area contributed by atoms with Crippen molar-refractivity contribution < 1.29 is 28.6 Å². The van der Waals surface area contributed by atoms with Crippen molar-refractivity contribution in [2.24, 2.45) is 0 Å². The number of methoxy groups -OCH3 is 2. The van der Waals surface area contributed by atoms with Gasteiger partial charge in [-0.1, -0.05) is 18.2 Å². The molecule has 1 unspecified atom stereocenters. The first kappa shape index (κ1) is 22.6. The van der Waals surface area contributed by atoms with Crippen LogP contribution in [0.1, 0.15) is 22.7 Å². The number of Topliss-reactive ketones (excluding diaryl/α,β-unsaturated/α-hetero) is 1. The van der Waals surface area contributed by atoms with Crippen molar-refractivity contribution in [3.8, 4) is 17.6 Å². The number of nitrogens with zero attached hydrogens (tertiary/aromatic N) is 2. The van der Waals surface area contributed by atoms with Crippen LogP contribution < -0.4 is 14.4 Å². The molecule has 34 heavy (non-hydrogen) atoms. The summed E-state index contributed by atoms with van der Waals surface area (Å²) < 4.78 is 25.4. The number of amides is 1. The topological polar surface area (TPSA) is 99.9 Å². The summed E-state index contributed by atoms with van der Waals surface area (Å²) in [6.45, 7) is 0. The summed E-state index contributed by atoms with van der Waals surface area (Å²) in [5, 5.41) is 20.3. The van der Waals surface area contributed by atoms with Crippen LogP contribution in [-0.2, 0) is 9.59 Å². The van der Waals surface area contributed by atoms with Crippen LogP contribution in [0, 0.1) is 17.1 Å². The second-order valence-electron chi connectivity index (χ2n) is 7.42. The molecule has 4 rings (SSSR count). The molecular weight excluding hydrogens is 439 g/mol. The lowest BCUT2D eigenvalue weighted by atomic mass is 9.94. The second kappa shape index (κ2) is 9.08. The van der Waals surface area contributed by atoms with Crippen molar-refractivity contribution in [3.05, 3.63) is 94.8 Å². The van der Waals surface area contributed by atoms with Crippen LogP contribution in [0.15, 0.2) is 72.3 Å². The Balaban J connectivity index is 1.95. The molecule has 8 heteroatoms. The van der Waals surface area contributed by atoms with Crippen LogP contribution in [0.25, 0.3) is 5.76 Å². The third kappa shape index (κ3) is 3.73. The summed E-state index contributed by atoms with van der Waals surface area (Å²) in [5.41, 5.74) is 0.588. The van der Waals surface area contributed by atoms with Gasteiger partial charge in [0.15, 0.2) is 11.5 Å². The molecule has 0 saturated carbocycles. The lowest BCUT2D eigenvalue weighted by Crippen LogP contribution is -2.29. The maximum Gasteiger partial charge on any atom is 0.300 e. The molecule has 7 nitrogen and oxygen atoms in total. The maximum absolute atomic E-state index is 14.9. The SMILES string of the molecule is COc1ccc(/C(O)=C2\C(=O)C(=O)N(c3ccc(C#N)cc3)C2c2ccccc2F)cc1OC. The Kier molecular flexibility index (Phi) is 6.02. The number of rotatable bonds is 5. The minimum atomic E-state index is -1.23. The van der Waals surface area contributed by atoms with Gasteiger partial charge in [-0.15, -0.1) is 0 Å². The van der Waals surface area contributed by atoms with Crippen molar-refractivity contribution in [2.75, 3.05) is 19.1 Å². The second-order valence-corrected chi connectivity index (χ2v) is 7.42. The predicted octanol–water partition coefficient (Wildman–Crippen LogP) is 4.34. The van der Waals surface area contributed by atoms with Gasteiger partial charge in [-0.2, -0.15) is 5.26 Å². The van der Waals surface area contributed by atoms with E-state index in [1.54, 1.807) is 12.1 Å².